The van der Waals surface area contributed by atoms with Gasteiger partial charge in [0.15, 0.2) is 0 Å². The molecule has 2 rings (SSSR count). The van der Waals surface area contributed by atoms with E-state index >= 15 is 0 Å². The Hall–Kier alpha value is -1.25. The Morgan fingerprint density at radius 3 is 2.65 bits per heavy atom. The van der Waals surface area contributed by atoms with Crippen LogP contribution >= 0.6 is 23.2 Å². The lowest BCUT2D eigenvalue weighted by molar-refractivity contribution is 0.876. The third-order valence-electron chi connectivity index (χ3n) is 2.49. The summed E-state index contributed by atoms with van der Waals surface area (Å²) in [5, 5.41) is 4.46. The molecular formula is C13H12Cl2N2. The third kappa shape index (κ3) is 3.11. The standard InChI is InChI=1S/C13H12Cl2N2/c1-9(10-3-2-6-16-8-10)17-11-4-5-12(14)13(15)7-11/h2-9,17H,1H3. The number of benzene rings is 1. The Morgan fingerprint density at radius 2 is 2.00 bits per heavy atom. The average Bonchev–Trinajstić information content (AvgIpc) is 2.35. The second-order valence-corrected chi connectivity index (χ2v) is 4.60. The van der Waals surface area contributed by atoms with Crippen molar-refractivity contribution in [2.75, 3.05) is 5.32 Å². The van der Waals surface area contributed by atoms with E-state index in [1.807, 2.05) is 30.5 Å². The lowest BCUT2D eigenvalue weighted by Crippen LogP contribution is -2.06. The van der Waals surface area contributed by atoms with Gasteiger partial charge in [-0.2, -0.15) is 0 Å². The van der Waals surface area contributed by atoms with Gasteiger partial charge in [0.05, 0.1) is 16.1 Å². The van der Waals surface area contributed by atoms with Crippen LogP contribution in [-0.4, -0.2) is 4.98 Å². The van der Waals surface area contributed by atoms with E-state index in [1.165, 1.54) is 0 Å². The molecule has 0 radical (unpaired) electrons. The van der Waals surface area contributed by atoms with E-state index in [9.17, 15) is 0 Å². The highest BCUT2D eigenvalue weighted by molar-refractivity contribution is 6.42. The highest BCUT2D eigenvalue weighted by Crippen LogP contribution is 2.27. The SMILES string of the molecule is CC(Nc1ccc(Cl)c(Cl)c1)c1cccnc1. The van der Waals surface area contributed by atoms with E-state index in [2.05, 4.69) is 17.2 Å². The number of nitrogens with zero attached hydrogens (tertiary/aromatic N) is 1. The minimum absolute atomic E-state index is 0.168. The lowest BCUT2D eigenvalue weighted by atomic mass is 10.1. The van der Waals surface area contributed by atoms with Gasteiger partial charge >= 0.3 is 0 Å². The molecule has 0 fully saturated rings. The first-order valence-corrected chi connectivity index (χ1v) is 6.04. The normalized spacial score (nSPS) is 12.2. The van der Waals surface area contributed by atoms with Crippen molar-refractivity contribution in [2.45, 2.75) is 13.0 Å². The van der Waals surface area contributed by atoms with Crippen LogP contribution in [0.2, 0.25) is 10.0 Å². The van der Waals surface area contributed by atoms with Crippen LogP contribution in [0.4, 0.5) is 5.69 Å². The molecule has 1 N–H and O–H groups in total. The third-order valence-corrected chi connectivity index (χ3v) is 3.23. The van der Waals surface area contributed by atoms with Crippen molar-refractivity contribution < 1.29 is 0 Å². The predicted molar refractivity (Wildman–Crippen MR) is 72.7 cm³/mol. The van der Waals surface area contributed by atoms with Gasteiger partial charge in [-0.15, -0.1) is 0 Å². The van der Waals surface area contributed by atoms with Crippen LogP contribution < -0.4 is 5.32 Å². The van der Waals surface area contributed by atoms with E-state index in [0.29, 0.717) is 10.0 Å². The van der Waals surface area contributed by atoms with Crippen LogP contribution in [0.5, 0.6) is 0 Å². The van der Waals surface area contributed by atoms with Crippen LogP contribution in [0.15, 0.2) is 42.7 Å². The highest BCUT2D eigenvalue weighted by Gasteiger charge is 2.06. The molecule has 0 bridgehead atoms. The molecule has 0 spiro atoms. The number of rotatable bonds is 3. The van der Waals surface area contributed by atoms with Gasteiger partial charge in [-0.25, -0.2) is 0 Å². The van der Waals surface area contributed by atoms with Gasteiger partial charge in [-0.3, -0.25) is 4.98 Å². The zero-order valence-corrected chi connectivity index (χ0v) is 10.8. The molecule has 1 unspecified atom stereocenters. The molecule has 88 valence electrons. The van der Waals surface area contributed by atoms with Crippen LogP contribution in [-0.2, 0) is 0 Å². The maximum absolute atomic E-state index is 5.96. The van der Waals surface area contributed by atoms with Crippen LogP contribution in [0.3, 0.4) is 0 Å². The number of anilines is 1. The zero-order valence-electron chi connectivity index (χ0n) is 9.32. The van der Waals surface area contributed by atoms with E-state index in [-0.39, 0.29) is 6.04 Å². The largest absolute Gasteiger partial charge is 0.378 e. The molecule has 4 heteroatoms. The molecule has 0 amide bonds. The van der Waals surface area contributed by atoms with Crippen molar-refractivity contribution in [3.63, 3.8) is 0 Å². The molecule has 0 saturated heterocycles. The summed E-state index contributed by atoms with van der Waals surface area (Å²) < 4.78 is 0. The van der Waals surface area contributed by atoms with Crippen LogP contribution in [0.1, 0.15) is 18.5 Å². The maximum Gasteiger partial charge on any atom is 0.0612 e. The van der Waals surface area contributed by atoms with E-state index in [0.717, 1.165) is 11.3 Å². The van der Waals surface area contributed by atoms with Gasteiger partial charge in [-0.1, -0.05) is 29.3 Å². The maximum atomic E-state index is 5.96. The van der Waals surface area contributed by atoms with Crippen molar-refractivity contribution >= 4 is 28.9 Å². The summed E-state index contributed by atoms with van der Waals surface area (Å²) in [5.41, 5.74) is 2.06. The molecule has 2 nitrogen and oxygen atoms in total. The number of hydrogen-bond donors (Lipinski definition) is 1. The summed E-state index contributed by atoms with van der Waals surface area (Å²) in [4.78, 5) is 4.09. The molecule has 1 heterocycles. The first-order valence-electron chi connectivity index (χ1n) is 5.28. The first kappa shape index (κ1) is 12.2. The molecule has 1 aromatic heterocycles. The fourth-order valence-electron chi connectivity index (χ4n) is 1.55. The number of nitrogens with one attached hydrogen (secondary N) is 1. The molecule has 0 saturated carbocycles. The van der Waals surface area contributed by atoms with Gasteiger partial charge in [0.25, 0.3) is 0 Å². The summed E-state index contributed by atoms with van der Waals surface area (Å²) in [6.07, 6.45) is 3.60. The second kappa shape index (κ2) is 5.39. The second-order valence-electron chi connectivity index (χ2n) is 3.78. The summed E-state index contributed by atoms with van der Waals surface area (Å²) in [5.74, 6) is 0. The Morgan fingerprint density at radius 1 is 1.18 bits per heavy atom. The molecule has 1 aromatic carbocycles. The number of hydrogen-bond acceptors (Lipinski definition) is 2. The summed E-state index contributed by atoms with van der Waals surface area (Å²) in [6, 6.07) is 9.62. The van der Waals surface area contributed by atoms with E-state index in [4.69, 9.17) is 23.2 Å². The Labute approximate surface area is 111 Å². The van der Waals surface area contributed by atoms with E-state index in [1.54, 1.807) is 12.3 Å². The average molecular weight is 267 g/mol. The Kier molecular flexibility index (Phi) is 3.87. The minimum Gasteiger partial charge on any atom is -0.378 e. The van der Waals surface area contributed by atoms with Gasteiger partial charge in [0, 0.05) is 18.1 Å². The molecular weight excluding hydrogens is 255 g/mol. The minimum atomic E-state index is 0.168. The van der Waals surface area contributed by atoms with Crippen molar-refractivity contribution in [1.29, 1.82) is 0 Å². The zero-order chi connectivity index (χ0) is 12.3. The van der Waals surface area contributed by atoms with Crippen molar-refractivity contribution in [2.24, 2.45) is 0 Å². The number of halogens is 2. The van der Waals surface area contributed by atoms with Crippen LogP contribution in [0.25, 0.3) is 0 Å². The quantitative estimate of drug-likeness (QED) is 0.881. The monoisotopic (exact) mass is 266 g/mol. The summed E-state index contributed by atoms with van der Waals surface area (Å²) >= 11 is 11.8. The fraction of sp³-hybridized carbons (Fsp3) is 0.154. The van der Waals surface area contributed by atoms with E-state index < -0.39 is 0 Å². The first-order chi connectivity index (χ1) is 8.16. The Balaban J connectivity index is 2.13. The summed E-state index contributed by atoms with van der Waals surface area (Å²) in [7, 11) is 0. The summed E-state index contributed by atoms with van der Waals surface area (Å²) in [6.45, 7) is 2.07. The van der Waals surface area contributed by atoms with Gasteiger partial charge in [-0.05, 0) is 36.8 Å². The highest BCUT2D eigenvalue weighted by atomic mass is 35.5. The predicted octanol–water partition coefficient (Wildman–Crippen LogP) is 4.56. The Bertz CT molecular complexity index is 500. The molecule has 17 heavy (non-hydrogen) atoms. The topological polar surface area (TPSA) is 24.9 Å². The number of aromatic nitrogens is 1. The van der Waals surface area contributed by atoms with Crippen molar-refractivity contribution in [3.8, 4) is 0 Å². The van der Waals surface area contributed by atoms with Crippen molar-refractivity contribution in [3.05, 3.63) is 58.3 Å². The van der Waals surface area contributed by atoms with Gasteiger partial charge in [0.1, 0.15) is 0 Å². The van der Waals surface area contributed by atoms with Crippen molar-refractivity contribution in [1.82, 2.24) is 4.98 Å². The fourth-order valence-corrected chi connectivity index (χ4v) is 1.85. The molecule has 0 aliphatic rings. The number of pyridine rings is 1. The molecule has 2 aromatic rings. The smallest absolute Gasteiger partial charge is 0.0612 e. The molecule has 0 aliphatic carbocycles. The van der Waals surface area contributed by atoms with Gasteiger partial charge < -0.3 is 5.32 Å². The molecule has 1 atom stereocenters. The molecule has 0 aliphatic heterocycles. The van der Waals surface area contributed by atoms with Crippen LogP contribution in [0, 0.1) is 0 Å². The van der Waals surface area contributed by atoms with Gasteiger partial charge in [0.2, 0.25) is 0 Å². The lowest BCUT2D eigenvalue weighted by Gasteiger charge is -2.15.